The zero-order valence-electron chi connectivity index (χ0n) is 11.3. The second-order valence-electron chi connectivity index (χ2n) is 5.05. The normalized spacial score (nSPS) is 12.9. The molecule has 100 valence electrons. The topological polar surface area (TPSA) is 55.8 Å². The number of aliphatic hydroxyl groups excluding tert-OH is 1. The minimum Gasteiger partial charge on any atom is -0.496 e. The molecule has 1 N–H and O–H groups in total. The van der Waals surface area contributed by atoms with E-state index in [2.05, 4.69) is 0 Å². The number of ether oxygens (including phenoxy) is 2. The summed E-state index contributed by atoms with van der Waals surface area (Å²) in [6, 6.07) is 7.07. The van der Waals surface area contributed by atoms with Crippen molar-refractivity contribution in [1.82, 2.24) is 0 Å². The molecule has 0 unspecified atom stereocenters. The molecule has 0 spiro atoms. The third-order valence-electron chi connectivity index (χ3n) is 2.28. The largest absolute Gasteiger partial charge is 0.496 e. The van der Waals surface area contributed by atoms with Crippen molar-refractivity contribution in [3.63, 3.8) is 0 Å². The summed E-state index contributed by atoms with van der Waals surface area (Å²) in [6.45, 7) is 5.38. The second kappa shape index (κ2) is 5.87. The lowest BCUT2D eigenvalue weighted by Crippen LogP contribution is -2.25. The molecule has 0 saturated carbocycles. The van der Waals surface area contributed by atoms with Gasteiger partial charge in [0, 0.05) is 5.56 Å². The highest BCUT2D eigenvalue weighted by Crippen LogP contribution is 2.27. The van der Waals surface area contributed by atoms with E-state index in [0.717, 1.165) is 0 Å². The zero-order valence-corrected chi connectivity index (χ0v) is 11.3. The number of para-hydroxylation sites is 1. The molecule has 0 fully saturated rings. The molecule has 0 saturated heterocycles. The maximum atomic E-state index is 11.6. The first-order valence-corrected chi connectivity index (χ1v) is 5.86. The first-order chi connectivity index (χ1) is 8.33. The van der Waals surface area contributed by atoms with Gasteiger partial charge in [-0.15, -0.1) is 0 Å². The molecule has 0 aliphatic heterocycles. The van der Waals surface area contributed by atoms with Crippen LogP contribution in [0.15, 0.2) is 24.3 Å². The molecule has 1 rings (SSSR count). The quantitative estimate of drug-likeness (QED) is 0.836. The average Bonchev–Trinajstić information content (AvgIpc) is 2.26. The Morgan fingerprint density at radius 2 is 1.94 bits per heavy atom. The Balaban J connectivity index is 2.70. The van der Waals surface area contributed by atoms with Gasteiger partial charge >= 0.3 is 5.97 Å². The van der Waals surface area contributed by atoms with E-state index in [1.54, 1.807) is 39.0 Å². The van der Waals surface area contributed by atoms with Gasteiger partial charge in [-0.3, -0.25) is 4.79 Å². The minimum atomic E-state index is -0.920. The number of methoxy groups -OCH3 is 1. The molecule has 0 aliphatic rings. The molecule has 1 atom stereocenters. The molecule has 4 heteroatoms. The molecule has 1 aromatic rings. The Morgan fingerprint density at radius 3 is 2.50 bits per heavy atom. The number of aliphatic hydroxyl groups is 1. The van der Waals surface area contributed by atoms with E-state index in [4.69, 9.17) is 9.47 Å². The van der Waals surface area contributed by atoms with Crippen molar-refractivity contribution in [2.45, 2.75) is 38.9 Å². The van der Waals surface area contributed by atoms with Crippen LogP contribution in [0, 0.1) is 0 Å². The van der Waals surface area contributed by atoms with E-state index in [9.17, 15) is 9.90 Å². The molecule has 18 heavy (non-hydrogen) atoms. The van der Waals surface area contributed by atoms with Crippen LogP contribution in [-0.4, -0.2) is 23.8 Å². The fraction of sp³-hybridized carbons (Fsp3) is 0.500. The van der Waals surface area contributed by atoms with E-state index in [1.807, 2.05) is 6.07 Å². The predicted octanol–water partition coefficient (Wildman–Crippen LogP) is 2.46. The van der Waals surface area contributed by atoms with Gasteiger partial charge in [-0.2, -0.15) is 0 Å². The van der Waals surface area contributed by atoms with E-state index in [0.29, 0.717) is 11.3 Å². The van der Waals surface area contributed by atoms with Crippen LogP contribution in [0.1, 0.15) is 38.9 Å². The number of hydrogen-bond acceptors (Lipinski definition) is 4. The van der Waals surface area contributed by atoms with Crippen molar-refractivity contribution in [3.05, 3.63) is 29.8 Å². The summed E-state index contributed by atoms with van der Waals surface area (Å²) in [6.07, 6.45) is -1.01. The van der Waals surface area contributed by atoms with E-state index < -0.39 is 17.7 Å². The first-order valence-electron chi connectivity index (χ1n) is 5.86. The van der Waals surface area contributed by atoms with Crippen LogP contribution in [0.5, 0.6) is 5.75 Å². The average molecular weight is 252 g/mol. The van der Waals surface area contributed by atoms with Crippen LogP contribution in [0.4, 0.5) is 0 Å². The second-order valence-corrected chi connectivity index (χ2v) is 5.05. The fourth-order valence-electron chi connectivity index (χ4n) is 1.59. The molecule has 4 nitrogen and oxygen atoms in total. The third kappa shape index (κ3) is 4.37. The van der Waals surface area contributed by atoms with E-state index in [-0.39, 0.29) is 6.42 Å². The first kappa shape index (κ1) is 14.5. The van der Waals surface area contributed by atoms with Crippen LogP contribution >= 0.6 is 0 Å². The standard InChI is InChI=1S/C14H20O4/c1-14(2,3)18-13(16)9-11(15)10-7-5-6-8-12(10)17-4/h5-8,11,15H,9H2,1-4H3/t11-/m1/s1. The van der Waals surface area contributed by atoms with Gasteiger partial charge in [0.1, 0.15) is 11.4 Å². The predicted molar refractivity (Wildman–Crippen MR) is 68.4 cm³/mol. The summed E-state index contributed by atoms with van der Waals surface area (Å²) >= 11 is 0. The Labute approximate surface area is 108 Å². The van der Waals surface area contributed by atoms with Crippen molar-refractivity contribution in [2.75, 3.05) is 7.11 Å². The van der Waals surface area contributed by atoms with Gasteiger partial charge < -0.3 is 14.6 Å². The lowest BCUT2D eigenvalue weighted by Gasteiger charge is -2.21. The summed E-state index contributed by atoms with van der Waals surface area (Å²) in [5, 5.41) is 10.0. The fourth-order valence-corrected chi connectivity index (χ4v) is 1.59. The zero-order chi connectivity index (χ0) is 13.8. The third-order valence-corrected chi connectivity index (χ3v) is 2.28. The molecule has 0 radical (unpaired) electrons. The summed E-state index contributed by atoms with van der Waals surface area (Å²) < 4.78 is 10.3. The lowest BCUT2D eigenvalue weighted by molar-refractivity contribution is -0.157. The molecule has 0 aromatic heterocycles. The van der Waals surface area contributed by atoms with Gasteiger partial charge in [0.05, 0.1) is 19.6 Å². The van der Waals surface area contributed by atoms with Crippen molar-refractivity contribution in [2.24, 2.45) is 0 Å². The molecule has 0 aliphatic carbocycles. The summed E-state index contributed by atoms with van der Waals surface area (Å²) in [5.41, 5.74) is 0.0447. The van der Waals surface area contributed by atoms with Crippen LogP contribution in [0.2, 0.25) is 0 Å². The number of rotatable bonds is 4. The lowest BCUT2D eigenvalue weighted by atomic mass is 10.1. The molecule has 0 heterocycles. The van der Waals surface area contributed by atoms with Crippen LogP contribution in [0.25, 0.3) is 0 Å². The highest BCUT2D eigenvalue weighted by Gasteiger charge is 2.21. The summed E-state index contributed by atoms with van der Waals surface area (Å²) in [5.74, 6) is 0.134. The minimum absolute atomic E-state index is 0.0857. The summed E-state index contributed by atoms with van der Waals surface area (Å²) in [7, 11) is 1.53. The molecular weight excluding hydrogens is 232 g/mol. The van der Waals surface area contributed by atoms with Gasteiger partial charge in [-0.25, -0.2) is 0 Å². The van der Waals surface area contributed by atoms with Crippen molar-refractivity contribution in [3.8, 4) is 5.75 Å². The summed E-state index contributed by atoms with van der Waals surface area (Å²) in [4.78, 5) is 11.6. The van der Waals surface area contributed by atoms with Crippen LogP contribution in [-0.2, 0) is 9.53 Å². The smallest absolute Gasteiger partial charge is 0.309 e. The van der Waals surface area contributed by atoms with E-state index >= 15 is 0 Å². The Kier molecular flexibility index (Phi) is 4.73. The van der Waals surface area contributed by atoms with Crippen LogP contribution < -0.4 is 4.74 Å². The number of carbonyl (C=O) groups excluding carboxylic acids is 1. The monoisotopic (exact) mass is 252 g/mol. The van der Waals surface area contributed by atoms with E-state index in [1.165, 1.54) is 7.11 Å². The van der Waals surface area contributed by atoms with Gasteiger partial charge in [-0.1, -0.05) is 18.2 Å². The Bertz CT molecular complexity index is 407. The molecule has 0 bridgehead atoms. The maximum Gasteiger partial charge on any atom is 0.309 e. The van der Waals surface area contributed by atoms with Gasteiger partial charge in [0.15, 0.2) is 0 Å². The van der Waals surface area contributed by atoms with Gasteiger partial charge in [-0.05, 0) is 26.8 Å². The number of carbonyl (C=O) groups is 1. The number of benzene rings is 1. The molecule has 0 amide bonds. The van der Waals surface area contributed by atoms with Crippen molar-refractivity contribution < 1.29 is 19.4 Å². The van der Waals surface area contributed by atoms with Crippen LogP contribution in [0.3, 0.4) is 0 Å². The highest BCUT2D eigenvalue weighted by atomic mass is 16.6. The maximum absolute atomic E-state index is 11.6. The van der Waals surface area contributed by atoms with Gasteiger partial charge in [0.25, 0.3) is 0 Å². The number of esters is 1. The SMILES string of the molecule is COc1ccccc1[C@H](O)CC(=O)OC(C)(C)C. The molecular formula is C14H20O4. The highest BCUT2D eigenvalue weighted by molar-refractivity contribution is 5.71. The van der Waals surface area contributed by atoms with Crippen molar-refractivity contribution >= 4 is 5.97 Å². The number of hydrogen-bond donors (Lipinski definition) is 1. The van der Waals surface area contributed by atoms with Gasteiger partial charge in [0.2, 0.25) is 0 Å². The van der Waals surface area contributed by atoms with Crippen molar-refractivity contribution in [1.29, 1.82) is 0 Å². The Morgan fingerprint density at radius 1 is 1.33 bits per heavy atom. The molecule has 1 aromatic carbocycles. The Hall–Kier alpha value is -1.55.